The summed E-state index contributed by atoms with van der Waals surface area (Å²) in [4.78, 5) is 11.5. The van der Waals surface area contributed by atoms with Gasteiger partial charge in [0.2, 0.25) is 0 Å². The van der Waals surface area contributed by atoms with Crippen LogP contribution in [0.25, 0.3) is 0 Å². The number of rotatable bonds is 6. The molecule has 9 heteroatoms. The van der Waals surface area contributed by atoms with E-state index in [1.807, 2.05) is 0 Å². The van der Waals surface area contributed by atoms with Gasteiger partial charge in [-0.3, -0.25) is 0 Å². The number of nitrogens with one attached hydrogen (secondary N) is 2. The molecule has 0 aromatic heterocycles. The molecule has 0 fully saturated rings. The standard InChI is InChI=1S/C11H15FN4O4/c1-14-11(19)16(15-13)9-3-2-7(12)4-10(9)20-6-8(18)5-17/h2-4,8,13,17-18H,5-6H2,1H3,(H,14,19). The number of hydrogen-bond donors (Lipinski definition) is 4. The van der Waals surface area contributed by atoms with Crippen LogP contribution in [0.5, 0.6) is 5.75 Å². The number of aliphatic hydroxyl groups excluding tert-OH is 2. The molecule has 0 bridgehead atoms. The van der Waals surface area contributed by atoms with Crippen LogP contribution >= 0.6 is 0 Å². The van der Waals surface area contributed by atoms with Crippen LogP contribution in [0.1, 0.15) is 0 Å². The molecule has 0 saturated heterocycles. The summed E-state index contributed by atoms with van der Waals surface area (Å²) in [6, 6.07) is 2.56. The number of carbonyl (C=O) groups is 1. The lowest BCUT2D eigenvalue weighted by Crippen LogP contribution is -2.34. The maximum atomic E-state index is 13.2. The summed E-state index contributed by atoms with van der Waals surface area (Å²) >= 11 is 0. The molecule has 1 aromatic rings. The molecule has 1 unspecified atom stereocenters. The summed E-state index contributed by atoms with van der Waals surface area (Å²) in [5, 5.41) is 23.9. The van der Waals surface area contributed by atoms with Crippen molar-refractivity contribution in [3.05, 3.63) is 24.0 Å². The molecule has 20 heavy (non-hydrogen) atoms. The molecular formula is C11H15FN4O4. The molecule has 1 atom stereocenters. The summed E-state index contributed by atoms with van der Waals surface area (Å²) in [5.41, 5.74) is 7.02. The topological polar surface area (TPSA) is 118 Å². The van der Waals surface area contributed by atoms with Crippen LogP contribution in [0.4, 0.5) is 14.9 Å². The molecule has 0 aliphatic carbocycles. The average Bonchev–Trinajstić information content (AvgIpc) is 2.46. The van der Waals surface area contributed by atoms with Crippen LogP contribution in [0, 0.1) is 11.3 Å². The Balaban J connectivity index is 3.05. The van der Waals surface area contributed by atoms with Crippen molar-refractivity contribution in [2.75, 3.05) is 25.3 Å². The van der Waals surface area contributed by atoms with E-state index < -0.39 is 24.6 Å². The van der Waals surface area contributed by atoms with Crippen molar-refractivity contribution >= 4 is 11.7 Å². The van der Waals surface area contributed by atoms with Gasteiger partial charge in [0.05, 0.1) is 6.61 Å². The third-order valence-electron chi connectivity index (χ3n) is 2.30. The van der Waals surface area contributed by atoms with Crippen molar-refractivity contribution in [3.63, 3.8) is 0 Å². The lowest BCUT2D eigenvalue weighted by Gasteiger charge is -2.19. The van der Waals surface area contributed by atoms with E-state index in [9.17, 15) is 14.3 Å². The zero-order valence-electron chi connectivity index (χ0n) is 10.7. The first-order valence-electron chi connectivity index (χ1n) is 5.64. The molecule has 0 aliphatic heterocycles. The fourth-order valence-electron chi connectivity index (χ4n) is 1.33. The lowest BCUT2D eigenvalue weighted by atomic mass is 10.2. The van der Waals surface area contributed by atoms with Gasteiger partial charge in [-0.05, 0) is 12.1 Å². The number of carbonyl (C=O) groups excluding carboxylic acids is 1. The van der Waals surface area contributed by atoms with Crippen LogP contribution in [0.2, 0.25) is 0 Å². The number of hydrogen-bond acceptors (Lipinski definition) is 6. The van der Waals surface area contributed by atoms with Crippen molar-refractivity contribution in [1.29, 1.82) is 5.53 Å². The molecule has 1 rings (SSSR count). The predicted molar refractivity (Wildman–Crippen MR) is 67.1 cm³/mol. The summed E-state index contributed by atoms with van der Waals surface area (Å²) in [6.07, 6.45) is -1.15. The number of anilines is 1. The van der Waals surface area contributed by atoms with Gasteiger partial charge in [0, 0.05) is 13.1 Å². The summed E-state index contributed by atoms with van der Waals surface area (Å²) in [5.74, 6) is -0.707. The first-order chi connectivity index (χ1) is 9.53. The fourth-order valence-corrected chi connectivity index (χ4v) is 1.33. The molecule has 0 saturated carbocycles. The third kappa shape index (κ3) is 3.87. The molecule has 2 amide bonds. The maximum Gasteiger partial charge on any atom is 0.343 e. The number of ether oxygens (including phenoxy) is 1. The molecule has 0 spiro atoms. The van der Waals surface area contributed by atoms with E-state index in [1.54, 1.807) is 0 Å². The molecule has 0 radical (unpaired) electrons. The second kappa shape index (κ2) is 7.36. The van der Waals surface area contributed by atoms with E-state index in [4.69, 9.17) is 15.4 Å². The Hall–Kier alpha value is -2.26. The number of amides is 2. The lowest BCUT2D eigenvalue weighted by molar-refractivity contribution is 0.0536. The van der Waals surface area contributed by atoms with Crippen molar-refractivity contribution < 1.29 is 24.1 Å². The van der Waals surface area contributed by atoms with Crippen molar-refractivity contribution in [2.24, 2.45) is 5.22 Å². The number of aliphatic hydroxyl groups is 2. The largest absolute Gasteiger partial charge is 0.488 e. The van der Waals surface area contributed by atoms with E-state index in [0.717, 1.165) is 12.1 Å². The Bertz CT molecular complexity index is 485. The van der Waals surface area contributed by atoms with E-state index in [0.29, 0.717) is 5.01 Å². The van der Waals surface area contributed by atoms with E-state index in [2.05, 4.69) is 10.5 Å². The molecule has 8 nitrogen and oxygen atoms in total. The molecule has 110 valence electrons. The highest BCUT2D eigenvalue weighted by atomic mass is 19.1. The normalized spacial score (nSPS) is 11.6. The van der Waals surface area contributed by atoms with Gasteiger partial charge in [0.1, 0.15) is 30.0 Å². The van der Waals surface area contributed by atoms with Gasteiger partial charge < -0.3 is 20.3 Å². The minimum absolute atomic E-state index is 0.0332. The number of urea groups is 1. The molecule has 0 aliphatic rings. The monoisotopic (exact) mass is 286 g/mol. The van der Waals surface area contributed by atoms with E-state index in [1.165, 1.54) is 13.1 Å². The molecule has 1 aromatic carbocycles. The summed E-state index contributed by atoms with van der Waals surface area (Å²) in [6.45, 7) is -0.820. The minimum Gasteiger partial charge on any atom is -0.488 e. The quantitative estimate of drug-likeness (QED) is 0.453. The summed E-state index contributed by atoms with van der Waals surface area (Å²) in [7, 11) is 1.35. The van der Waals surface area contributed by atoms with Gasteiger partial charge >= 0.3 is 6.03 Å². The third-order valence-corrected chi connectivity index (χ3v) is 2.30. The van der Waals surface area contributed by atoms with Crippen molar-refractivity contribution in [3.8, 4) is 5.75 Å². The van der Waals surface area contributed by atoms with Crippen LogP contribution in [-0.2, 0) is 0 Å². The number of halogens is 1. The highest BCUT2D eigenvalue weighted by molar-refractivity contribution is 5.92. The van der Waals surface area contributed by atoms with Crippen LogP contribution in [-0.4, -0.2) is 42.6 Å². The average molecular weight is 286 g/mol. The van der Waals surface area contributed by atoms with Gasteiger partial charge in [0.15, 0.2) is 0 Å². The van der Waals surface area contributed by atoms with Crippen LogP contribution in [0.15, 0.2) is 23.4 Å². The number of benzene rings is 1. The SMILES string of the molecule is CNC(=O)N(N=N)c1ccc(F)cc1OCC(O)CO. The number of nitrogens with zero attached hydrogens (tertiary/aromatic N) is 2. The Morgan fingerprint density at radius 2 is 2.35 bits per heavy atom. The highest BCUT2D eigenvalue weighted by Gasteiger charge is 2.19. The second-order valence-corrected chi connectivity index (χ2v) is 3.73. The zero-order chi connectivity index (χ0) is 15.1. The van der Waals surface area contributed by atoms with Gasteiger partial charge in [-0.25, -0.2) is 9.18 Å². The fraction of sp³-hybridized carbons (Fsp3) is 0.364. The Morgan fingerprint density at radius 3 is 2.90 bits per heavy atom. The minimum atomic E-state index is -1.15. The maximum absolute atomic E-state index is 13.2. The first-order valence-corrected chi connectivity index (χ1v) is 5.64. The van der Waals surface area contributed by atoms with Crippen molar-refractivity contribution in [1.82, 2.24) is 5.32 Å². The second-order valence-electron chi connectivity index (χ2n) is 3.73. The highest BCUT2D eigenvalue weighted by Crippen LogP contribution is 2.29. The Labute approximate surface area is 114 Å². The molecular weight excluding hydrogens is 271 g/mol. The molecule has 4 N–H and O–H groups in total. The first kappa shape index (κ1) is 15.8. The van der Waals surface area contributed by atoms with Gasteiger partial charge in [-0.1, -0.05) is 5.22 Å². The van der Waals surface area contributed by atoms with Crippen LogP contribution < -0.4 is 15.1 Å². The smallest absolute Gasteiger partial charge is 0.343 e. The van der Waals surface area contributed by atoms with Crippen molar-refractivity contribution in [2.45, 2.75) is 6.10 Å². The van der Waals surface area contributed by atoms with Gasteiger partial charge in [0.25, 0.3) is 0 Å². The van der Waals surface area contributed by atoms with E-state index >= 15 is 0 Å². The van der Waals surface area contributed by atoms with Gasteiger partial charge in [-0.15, -0.1) is 0 Å². The van der Waals surface area contributed by atoms with Crippen LogP contribution in [0.3, 0.4) is 0 Å². The zero-order valence-corrected chi connectivity index (χ0v) is 10.7. The predicted octanol–water partition coefficient (Wildman–Crippen LogP) is 0.649. The Kier molecular flexibility index (Phi) is 5.81. The molecule has 0 heterocycles. The van der Waals surface area contributed by atoms with Gasteiger partial charge in [-0.2, -0.15) is 10.5 Å². The van der Waals surface area contributed by atoms with E-state index in [-0.39, 0.29) is 18.0 Å². The Morgan fingerprint density at radius 1 is 1.65 bits per heavy atom. The summed E-state index contributed by atoms with van der Waals surface area (Å²) < 4.78 is 18.3.